The van der Waals surface area contributed by atoms with E-state index in [1.165, 1.54) is 0 Å². The zero-order valence-electron chi connectivity index (χ0n) is 14.3. The minimum Gasteiger partial charge on any atom is -0.352 e. The monoisotopic (exact) mass is 339 g/mol. The molecule has 0 aliphatic rings. The molecule has 0 aliphatic heterocycles. The van der Waals surface area contributed by atoms with Crippen LogP contribution in [0.4, 0.5) is 0 Å². The summed E-state index contributed by atoms with van der Waals surface area (Å²) in [7, 11) is 0. The number of benzene rings is 2. The molecule has 0 aromatic heterocycles. The topological polar surface area (TPSA) is 84.2 Å². The first kappa shape index (κ1) is 18.7. The second-order valence-electron chi connectivity index (χ2n) is 5.86. The minimum atomic E-state index is -0.105. The average Bonchev–Trinajstić information content (AvgIpc) is 2.66. The third kappa shape index (κ3) is 6.77. The highest BCUT2D eigenvalue weighted by molar-refractivity contribution is 5.94. The SMILES string of the molecule is NCCCNC(=O)c1ccc(CNC(=O)CCc2ccccc2)cc1. The first-order valence-electron chi connectivity index (χ1n) is 8.57. The van der Waals surface area contributed by atoms with Crippen LogP contribution in [0.5, 0.6) is 0 Å². The van der Waals surface area contributed by atoms with Gasteiger partial charge in [-0.2, -0.15) is 0 Å². The number of carbonyl (C=O) groups excluding carboxylic acids is 2. The normalized spacial score (nSPS) is 10.3. The lowest BCUT2D eigenvalue weighted by molar-refractivity contribution is -0.121. The molecule has 2 aromatic rings. The maximum atomic E-state index is 11.9. The Kier molecular flexibility index (Phi) is 7.66. The number of nitrogens with one attached hydrogen (secondary N) is 2. The lowest BCUT2D eigenvalue weighted by atomic mass is 10.1. The fourth-order valence-corrected chi connectivity index (χ4v) is 2.37. The molecule has 0 bridgehead atoms. The Morgan fingerprint density at radius 2 is 1.60 bits per heavy atom. The quantitative estimate of drug-likeness (QED) is 0.611. The number of aryl methyl sites for hydroxylation is 1. The lowest BCUT2D eigenvalue weighted by Gasteiger charge is -2.07. The highest BCUT2D eigenvalue weighted by Gasteiger charge is 2.06. The molecule has 0 unspecified atom stereocenters. The molecule has 4 N–H and O–H groups in total. The molecule has 5 nitrogen and oxygen atoms in total. The Bertz CT molecular complexity index is 669. The van der Waals surface area contributed by atoms with Crippen molar-refractivity contribution < 1.29 is 9.59 Å². The maximum absolute atomic E-state index is 11.9. The third-order valence-corrected chi connectivity index (χ3v) is 3.86. The standard InChI is InChI=1S/C20H25N3O2/c21-13-4-14-22-20(25)18-10-7-17(8-11-18)15-23-19(24)12-9-16-5-2-1-3-6-16/h1-3,5-8,10-11H,4,9,12-15,21H2,(H,22,25)(H,23,24). The van der Waals surface area contributed by atoms with E-state index in [2.05, 4.69) is 10.6 Å². The first-order valence-corrected chi connectivity index (χ1v) is 8.57. The molecular weight excluding hydrogens is 314 g/mol. The van der Waals surface area contributed by atoms with E-state index in [9.17, 15) is 9.59 Å². The number of rotatable bonds is 9. The summed E-state index contributed by atoms with van der Waals surface area (Å²) in [6.07, 6.45) is 1.96. The predicted octanol–water partition coefficient (Wildman–Crippen LogP) is 2.01. The van der Waals surface area contributed by atoms with Crippen molar-refractivity contribution in [2.45, 2.75) is 25.8 Å². The van der Waals surface area contributed by atoms with Crippen LogP contribution < -0.4 is 16.4 Å². The Labute approximate surface area is 148 Å². The number of hydrogen-bond acceptors (Lipinski definition) is 3. The van der Waals surface area contributed by atoms with Crippen LogP contribution in [0.25, 0.3) is 0 Å². The van der Waals surface area contributed by atoms with Crippen molar-refractivity contribution in [3.8, 4) is 0 Å². The summed E-state index contributed by atoms with van der Waals surface area (Å²) in [5.41, 5.74) is 8.13. The van der Waals surface area contributed by atoms with E-state index in [4.69, 9.17) is 5.73 Å². The zero-order valence-corrected chi connectivity index (χ0v) is 14.3. The van der Waals surface area contributed by atoms with Crippen LogP contribution in [0.1, 0.15) is 34.3 Å². The van der Waals surface area contributed by atoms with Gasteiger partial charge in [0.25, 0.3) is 5.91 Å². The summed E-state index contributed by atoms with van der Waals surface area (Å²) in [5.74, 6) is -0.0839. The van der Waals surface area contributed by atoms with Crippen LogP contribution in [-0.2, 0) is 17.8 Å². The van der Waals surface area contributed by atoms with Gasteiger partial charge in [-0.1, -0.05) is 42.5 Å². The predicted molar refractivity (Wildman–Crippen MR) is 99.1 cm³/mol. The van der Waals surface area contributed by atoms with Crippen molar-refractivity contribution in [1.82, 2.24) is 10.6 Å². The average molecular weight is 339 g/mol. The van der Waals surface area contributed by atoms with Crippen LogP contribution >= 0.6 is 0 Å². The molecule has 0 saturated heterocycles. The molecule has 5 heteroatoms. The van der Waals surface area contributed by atoms with Gasteiger partial charge >= 0.3 is 0 Å². The van der Waals surface area contributed by atoms with Gasteiger partial charge in [-0.15, -0.1) is 0 Å². The summed E-state index contributed by atoms with van der Waals surface area (Å²) in [6, 6.07) is 17.2. The van der Waals surface area contributed by atoms with Gasteiger partial charge in [0.1, 0.15) is 0 Å². The molecule has 2 rings (SSSR count). The van der Waals surface area contributed by atoms with Crippen molar-refractivity contribution in [2.75, 3.05) is 13.1 Å². The summed E-state index contributed by atoms with van der Waals surface area (Å²) in [4.78, 5) is 23.8. The molecular formula is C20H25N3O2. The fourth-order valence-electron chi connectivity index (χ4n) is 2.37. The highest BCUT2D eigenvalue weighted by atomic mass is 16.2. The van der Waals surface area contributed by atoms with Gasteiger partial charge in [-0.25, -0.2) is 0 Å². The molecule has 0 heterocycles. The van der Waals surface area contributed by atoms with E-state index in [1.54, 1.807) is 12.1 Å². The van der Waals surface area contributed by atoms with E-state index in [0.29, 0.717) is 31.6 Å². The molecule has 25 heavy (non-hydrogen) atoms. The summed E-state index contributed by atoms with van der Waals surface area (Å²) >= 11 is 0. The zero-order chi connectivity index (χ0) is 17.9. The van der Waals surface area contributed by atoms with Crippen molar-refractivity contribution in [3.63, 3.8) is 0 Å². The van der Waals surface area contributed by atoms with E-state index in [1.807, 2.05) is 42.5 Å². The molecule has 0 atom stereocenters. The van der Waals surface area contributed by atoms with E-state index < -0.39 is 0 Å². The molecule has 0 saturated carbocycles. The molecule has 0 fully saturated rings. The van der Waals surface area contributed by atoms with Gasteiger partial charge in [0, 0.05) is 25.1 Å². The Morgan fingerprint density at radius 3 is 2.28 bits per heavy atom. The van der Waals surface area contributed by atoms with Crippen LogP contribution in [-0.4, -0.2) is 24.9 Å². The van der Waals surface area contributed by atoms with Crippen molar-refractivity contribution in [2.24, 2.45) is 5.73 Å². The van der Waals surface area contributed by atoms with Gasteiger partial charge in [-0.05, 0) is 42.6 Å². The van der Waals surface area contributed by atoms with Crippen molar-refractivity contribution in [1.29, 1.82) is 0 Å². The summed E-state index contributed by atoms with van der Waals surface area (Å²) in [5, 5.41) is 5.72. The molecule has 2 amide bonds. The second kappa shape index (κ2) is 10.3. The largest absolute Gasteiger partial charge is 0.352 e. The van der Waals surface area contributed by atoms with Gasteiger partial charge in [0.2, 0.25) is 5.91 Å². The highest BCUT2D eigenvalue weighted by Crippen LogP contribution is 2.06. The number of hydrogen-bond donors (Lipinski definition) is 3. The first-order chi connectivity index (χ1) is 12.2. The molecule has 2 aromatic carbocycles. The van der Waals surface area contributed by atoms with Crippen molar-refractivity contribution >= 4 is 11.8 Å². The van der Waals surface area contributed by atoms with E-state index in [0.717, 1.165) is 24.0 Å². The maximum Gasteiger partial charge on any atom is 0.251 e. The summed E-state index contributed by atoms with van der Waals surface area (Å²) in [6.45, 7) is 1.60. The number of carbonyl (C=O) groups is 2. The third-order valence-electron chi connectivity index (χ3n) is 3.86. The van der Waals surface area contributed by atoms with E-state index in [-0.39, 0.29) is 11.8 Å². The smallest absolute Gasteiger partial charge is 0.251 e. The number of amides is 2. The van der Waals surface area contributed by atoms with Gasteiger partial charge < -0.3 is 16.4 Å². The van der Waals surface area contributed by atoms with Crippen LogP contribution in [0.2, 0.25) is 0 Å². The molecule has 132 valence electrons. The van der Waals surface area contributed by atoms with Crippen molar-refractivity contribution in [3.05, 3.63) is 71.3 Å². The van der Waals surface area contributed by atoms with Crippen LogP contribution in [0.15, 0.2) is 54.6 Å². The van der Waals surface area contributed by atoms with Gasteiger partial charge in [-0.3, -0.25) is 9.59 Å². The molecule has 0 spiro atoms. The van der Waals surface area contributed by atoms with Gasteiger partial charge in [0.05, 0.1) is 0 Å². The Hall–Kier alpha value is -2.66. The van der Waals surface area contributed by atoms with Crippen LogP contribution in [0.3, 0.4) is 0 Å². The lowest BCUT2D eigenvalue weighted by Crippen LogP contribution is -2.26. The van der Waals surface area contributed by atoms with Gasteiger partial charge in [0.15, 0.2) is 0 Å². The van der Waals surface area contributed by atoms with E-state index >= 15 is 0 Å². The Balaban J connectivity index is 1.73. The Morgan fingerprint density at radius 1 is 0.880 bits per heavy atom. The fraction of sp³-hybridized carbons (Fsp3) is 0.300. The summed E-state index contributed by atoms with van der Waals surface area (Å²) < 4.78 is 0. The minimum absolute atomic E-state index is 0.0208. The van der Waals surface area contributed by atoms with Crippen LogP contribution in [0, 0.1) is 0 Å². The number of nitrogens with two attached hydrogens (primary N) is 1. The second-order valence-corrected chi connectivity index (χ2v) is 5.86. The molecule has 0 radical (unpaired) electrons. The molecule has 0 aliphatic carbocycles.